The van der Waals surface area contributed by atoms with Gasteiger partial charge >= 0.3 is 0 Å². The van der Waals surface area contributed by atoms with E-state index in [0.717, 1.165) is 34.4 Å². The molecular formula is C17H18ClN3O2. The van der Waals surface area contributed by atoms with Gasteiger partial charge in [-0.2, -0.15) is 0 Å². The van der Waals surface area contributed by atoms with Crippen molar-refractivity contribution in [2.75, 3.05) is 5.32 Å². The fraction of sp³-hybridized carbons (Fsp3) is 0.294. The average Bonchev–Trinajstić information content (AvgIpc) is 3.08. The van der Waals surface area contributed by atoms with E-state index in [4.69, 9.17) is 16.1 Å². The van der Waals surface area contributed by atoms with Crippen molar-refractivity contribution in [1.82, 2.24) is 9.72 Å². The molecule has 6 heteroatoms. The Hall–Kier alpha value is -2.27. The van der Waals surface area contributed by atoms with Gasteiger partial charge < -0.3 is 14.4 Å². The van der Waals surface area contributed by atoms with E-state index in [-0.39, 0.29) is 11.1 Å². The molecule has 3 aromatic rings. The molecule has 3 rings (SSSR count). The summed E-state index contributed by atoms with van der Waals surface area (Å²) in [6.45, 7) is 4.84. The summed E-state index contributed by atoms with van der Waals surface area (Å²) in [5.41, 5.74) is 3.48. The molecule has 0 spiro atoms. The smallest absolute Gasteiger partial charge is 0.229 e. The number of fused-ring (bicyclic) bond motifs is 1. The first-order valence-electron chi connectivity index (χ1n) is 7.58. The number of hydrogen-bond acceptors (Lipinski definition) is 3. The highest BCUT2D eigenvalue weighted by atomic mass is 35.5. The number of halogens is 1. The third-order valence-corrected chi connectivity index (χ3v) is 4.23. The minimum absolute atomic E-state index is 0.0593. The Labute approximate surface area is 139 Å². The number of nitrogens with zero attached hydrogens (tertiary/aromatic N) is 2. The maximum Gasteiger partial charge on any atom is 0.229 e. The van der Waals surface area contributed by atoms with Crippen molar-refractivity contribution >= 4 is 34.1 Å². The predicted octanol–water partition coefficient (Wildman–Crippen LogP) is 4.18. The molecule has 0 aliphatic rings. The van der Waals surface area contributed by atoms with Crippen molar-refractivity contribution in [2.45, 2.75) is 33.2 Å². The van der Waals surface area contributed by atoms with Gasteiger partial charge in [-0.1, -0.05) is 5.16 Å². The molecule has 1 aromatic carbocycles. The standard InChI is InChI=1S/C17H18ClN3O2/c1-3-21-9-8-12-10-13(4-6-15(12)21)19-16(22)7-5-14-11(2)20-23-17(14)18/h4,6,8-10H,3,5,7H2,1-2H3,(H,19,22). The van der Waals surface area contributed by atoms with Crippen molar-refractivity contribution in [2.24, 2.45) is 0 Å². The van der Waals surface area contributed by atoms with Gasteiger partial charge in [0.1, 0.15) is 0 Å². The Morgan fingerprint density at radius 3 is 2.91 bits per heavy atom. The van der Waals surface area contributed by atoms with Gasteiger partial charge in [0.15, 0.2) is 0 Å². The first kappa shape index (κ1) is 15.6. The van der Waals surface area contributed by atoms with E-state index in [1.165, 1.54) is 0 Å². The van der Waals surface area contributed by atoms with Gasteiger partial charge in [0, 0.05) is 41.3 Å². The average molecular weight is 332 g/mol. The fourth-order valence-electron chi connectivity index (χ4n) is 2.66. The molecule has 2 heterocycles. The van der Waals surface area contributed by atoms with Crippen molar-refractivity contribution in [3.8, 4) is 0 Å². The van der Waals surface area contributed by atoms with Crippen LogP contribution in [0.1, 0.15) is 24.6 Å². The summed E-state index contributed by atoms with van der Waals surface area (Å²) in [6.07, 6.45) is 2.89. The number of hydrogen-bond donors (Lipinski definition) is 1. The van der Waals surface area contributed by atoms with Gasteiger partial charge in [-0.15, -0.1) is 0 Å². The molecule has 0 radical (unpaired) electrons. The Balaban J connectivity index is 1.66. The van der Waals surface area contributed by atoms with Crippen LogP contribution in [-0.2, 0) is 17.8 Å². The van der Waals surface area contributed by atoms with Crippen LogP contribution < -0.4 is 5.32 Å². The summed E-state index contributed by atoms with van der Waals surface area (Å²) in [6, 6.07) is 7.98. The number of aryl methyl sites for hydroxylation is 2. The van der Waals surface area contributed by atoms with E-state index < -0.39 is 0 Å². The molecule has 120 valence electrons. The van der Waals surface area contributed by atoms with E-state index >= 15 is 0 Å². The molecular weight excluding hydrogens is 314 g/mol. The van der Waals surface area contributed by atoms with E-state index in [2.05, 4.69) is 28.0 Å². The zero-order valence-corrected chi connectivity index (χ0v) is 13.9. The SMILES string of the molecule is CCn1ccc2cc(NC(=O)CCc3c(C)noc3Cl)ccc21. The van der Waals surface area contributed by atoms with E-state index in [9.17, 15) is 4.79 Å². The number of benzene rings is 1. The van der Waals surface area contributed by atoms with Crippen LogP contribution >= 0.6 is 11.6 Å². The number of rotatable bonds is 5. The molecule has 2 aromatic heterocycles. The molecule has 0 unspecified atom stereocenters. The molecule has 0 aliphatic heterocycles. The maximum absolute atomic E-state index is 12.1. The number of carbonyl (C=O) groups is 1. The highest BCUT2D eigenvalue weighted by Crippen LogP contribution is 2.22. The monoisotopic (exact) mass is 331 g/mol. The lowest BCUT2D eigenvalue weighted by Gasteiger charge is -2.06. The third-order valence-electron chi connectivity index (χ3n) is 3.93. The summed E-state index contributed by atoms with van der Waals surface area (Å²) in [5.74, 6) is -0.0593. The topological polar surface area (TPSA) is 60.1 Å². The molecule has 1 N–H and O–H groups in total. The minimum atomic E-state index is -0.0593. The van der Waals surface area contributed by atoms with Crippen LogP contribution in [0.3, 0.4) is 0 Å². The van der Waals surface area contributed by atoms with Crippen LogP contribution in [0.5, 0.6) is 0 Å². The van der Waals surface area contributed by atoms with Crippen LogP contribution in [0.4, 0.5) is 5.69 Å². The third kappa shape index (κ3) is 3.24. The lowest BCUT2D eigenvalue weighted by molar-refractivity contribution is -0.116. The quantitative estimate of drug-likeness (QED) is 0.762. The van der Waals surface area contributed by atoms with E-state index in [1.54, 1.807) is 0 Å². The first-order chi connectivity index (χ1) is 11.1. The number of carbonyl (C=O) groups excluding carboxylic acids is 1. The van der Waals surface area contributed by atoms with Gasteiger partial charge in [0.2, 0.25) is 11.1 Å². The number of aromatic nitrogens is 2. The van der Waals surface area contributed by atoms with E-state index in [1.807, 2.05) is 31.3 Å². The van der Waals surface area contributed by atoms with E-state index in [0.29, 0.717) is 12.8 Å². The second-order valence-electron chi connectivity index (χ2n) is 5.44. The van der Waals surface area contributed by atoms with Crippen LogP contribution in [0.25, 0.3) is 10.9 Å². The number of amides is 1. The van der Waals surface area contributed by atoms with Crippen LogP contribution in [0.15, 0.2) is 35.0 Å². The van der Waals surface area contributed by atoms with Crippen molar-refractivity contribution in [3.63, 3.8) is 0 Å². The zero-order chi connectivity index (χ0) is 16.4. The van der Waals surface area contributed by atoms with Gasteiger partial charge in [-0.3, -0.25) is 4.79 Å². The molecule has 5 nitrogen and oxygen atoms in total. The summed E-state index contributed by atoms with van der Waals surface area (Å²) >= 11 is 5.91. The lowest BCUT2D eigenvalue weighted by atomic mass is 10.1. The maximum atomic E-state index is 12.1. The molecule has 23 heavy (non-hydrogen) atoms. The molecule has 0 saturated carbocycles. The zero-order valence-electron chi connectivity index (χ0n) is 13.1. The molecule has 0 bridgehead atoms. The van der Waals surface area contributed by atoms with Crippen LogP contribution in [0, 0.1) is 6.92 Å². The Kier molecular flexibility index (Phi) is 4.39. The summed E-state index contributed by atoms with van der Waals surface area (Å²) in [7, 11) is 0. The molecule has 0 aliphatic carbocycles. The summed E-state index contributed by atoms with van der Waals surface area (Å²) < 4.78 is 7.05. The predicted molar refractivity (Wildman–Crippen MR) is 90.8 cm³/mol. The molecule has 0 saturated heterocycles. The molecule has 0 atom stereocenters. The molecule has 0 fully saturated rings. The van der Waals surface area contributed by atoms with Crippen molar-refractivity contribution in [1.29, 1.82) is 0 Å². The Morgan fingerprint density at radius 1 is 1.39 bits per heavy atom. The van der Waals surface area contributed by atoms with Gasteiger partial charge in [0.25, 0.3) is 0 Å². The summed E-state index contributed by atoms with van der Waals surface area (Å²) in [4.78, 5) is 12.1. The van der Waals surface area contributed by atoms with Crippen LogP contribution in [0.2, 0.25) is 5.22 Å². The van der Waals surface area contributed by atoms with Crippen molar-refractivity contribution < 1.29 is 9.32 Å². The Morgan fingerprint density at radius 2 is 2.22 bits per heavy atom. The highest BCUT2D eigenvalue weighted by Gasteiger charge is 2.13. The highest BCUT2D eigenvalue weighted by molar-refractivity contribution is 6.29. The summed E-state index contributed by atoms with van der Waals surface area (Å²) in [5, 5.41) is 8.08. The fourth-order valence-corrected chi connectivity index (χ4v) is 2.92. The second-order valence-corrected chi connectivity index (χ2v) is 5.79. The largest absolute Gasteiger partial charge is 0.348 e. The normalized spacial score (nSPS) is 11.1. The number of nitrogens with one attached hydrogen (secondary N) is 1. The minimum Gasteiger partial charge on any atom is -0.348 e. The van der Waals surface area contributed by atoms with Crippen LogP contribution in [-0.4, -0.2) is 15.6 Å². The van der Waals surface area contributed by atoms with Crippen molar-refractivity contribution in [3.05, 3.63) is 46.9 Å². The number of anilines is 1. The van der Waals surface area contributed by atoms with Gasteiger partial charge in [-0.05, 0) is 56.1 Å². The lowest BCUT2D eigenvalue weighted by Crippen LogP contribution is -2.12. The van der Waals surface area contributed by atoms with Gasteiger partial charge in [-0.25, -0.2) is 0 Å². The first-order valence-corrected chi connectivity index (χ1v) is 7.95. The van der Waals surface area contributed by atoms with Gasteiger partial charge in [0.05, 0.1) is 5.69 Å². The second kappa shape index (κ2) is 6.46. The molecule has 1 amide bonds. The Bertz CT molecular complexity index is 831.